The molecule has 2 aliphatic heterocycles. The van der Waals surface area contributed by atoms with Gasteiger partial charge in [-0.15, -0.1) is 11.3 Å². The number of thiazole rings is 1. The van der Waals surface area contributed by atoms with E-state index >= 15 is 0 Å². The molecule has 0 bridgehead atoms. The summed E-state index contributed by atoms with van der Waals surface area (Å²) in [5.74, 6) is 0.874. The summed E-state index contributed by atoms with van der Waals surface area (Å²) in [4.78, 5) is 20.0. The number of aromatic nitrogens is 1. The number of carbonyl (C=O) groups is 1. The molecule has 3 aromatic rings. The average molecular weight is 524 g/mol. The first-order valence-corrected chi connectivity index (χ1v) is 14.2. The molecule has 6 rings (SSSR count). The molecule has 3 aliphatic rings. The fraction of sp³-hybridized carbons (Fsp3) is 0.500. The first-order valence-electron chi connectivity index (χ1n) is 13.3. The number of fused-ring (bicyclic) bond motifs is 2. The molecule has 3 fully saturated rings. The average Bonchev–Trinajstić information content (AvgIpc) is 3.56. The van der Waals surface area contributed by atoms with Crippen LogP contribution in [0.1, 0.15) is 49.3 Å². The van der Waals surface area contributed by atoms with Gasteiger partial charge in [0.05, 0.1) is 28.9 Å². The van der Waals surface area contributed by atoms with Crippen molar-refractivity contribution in [2.45, 2.75) is 56.8 Å². The SMILES string of the molecule is COc1cccc(F)c1CN1CCC[C@@H](NC(=O)C2CCC3NNC(c4ccc5ncsc5c4)C3C2)C1. The van der Waals surface area contributed by atoms with Gasteiger partial charge in [0.2, 0.25) is 5.91 Å². The van der Waals surface area contributed by atoms with Gasteiger partial charge in [0, 0.05) is 36.7 Å². The van der Waals surface area contributed by atoms with Crippen molar-refractivity contribution >= 4 is 27.5 Å². The number of benzene rings is 2. The second kappa shape index (κ2) is 10.6. The quantitative estimate of drug-likeness (QED) is 0.451. The van der Waals surface area contributed by atoms with E-state index in [4.69, 9.17) is 4.74 Å². The number of hydrogen-bond donors (Lipinski definition) is 3. The van der Waals surface area contributed by atoms with Crippen molar-refractivity contribution in [2.75, 3.05) is 20.2 Å². The smallest absolute Gasteiger partial charge is 0.223 e. The van der Waals surface area contributed by atoms with Crippen molar-refractivity contribution in [3.05, 3.63) is 58.9 Å². The standard InChI is InChI=1S/C28H34FN5O2S/c1-36-25-6-2-5-22(29)21(25)15-34-11-3-4-19(14-34)31-28(35)18-8-9-23-20(12-18)27(33-32-23)17-7-10-24-26(13-17)37-16-30-24/h2,5-7,10,13,16,18-20,23,27,32-33H,3-4,8-9,11-12,14-15H2,1H3,(H,31,35)/t18?,19-,20?,23?,27?/m1/s1. The van der Waals surface area contributed by atoms with Crippen LogP contribution in [0.5, 0.6) is 5.75 Å². The Kier molecular flexibility index (Phi) is 7.12. The first kappa shape index (κ1) is 24.7. The molecule has 1 saturated carbocycles. The molecule has 3 N–H and O–H groups in total. The maximum absolute atomic E-state index is 14.5. The molecule has 2 aromatic carbocycles. The van der Waals surface area contributed by atoms with Crippen LogP contribution in [0.2, 0.25) is 0 Å². The summed E-state index contributed by atoms with van der Waals surface area (Å²) in [6.45, 7) is 2.10. The molecule has 7 nitrogen and oxygen atoms in total. The highest BCUT2D eigenvalue weighted by Gasteiger charge is 2.43. The minimum atomic E-state index is -0.245. The van der Waals surface area contributed by atoms with E-state index in [0.717, 1.165) is 50.7 Å². The Labute approximate surface area is 220 Å². The van der Waals surface area contributed by atoms with Crippen LogP contribution in [0.4, 0.5) is 4.39 Å². The number of amides is 1. The van der Waals surface area contributed by atoms with Gasteiger partial charge in [0.1, 0.15) is 11.6 Å². The monoisotopic (exact) mass is 523 g/mol. The van der Waals surface area contributed by atoms with Gasteiger partial charge in [0.25, 0.3) is 0 Å². The minimum Gasteiger partial charge on any atom is -0.496 e. The zero-order valence-corrected chi connectivity index (χ0v) is 21.9. The number of halogens is 1. The van der Waals surface area contributed by atoms with Gasteiger partial charge in [-0.05, 0) is 74.4 Å². The van der Waals surface area contributed by atoms with Crippen LogP contribution >= 0.6 is 11.3 Å². The largest absolute Gasteiger partial charge is 0.496 e. The number of piperidine rings is 1. The number of ether oxygens (including phenoxy) is 1. The Hall–Kier alpha value is -2.59. The lowest BCUT2D eigenvalue weighted by atomic mass is 9.74. The summed E-state index contributed by atoms with van der Waals surface area (Å²) < 4.78 is 21.1. The van der Waals surface area contributed by atoms with E-state index in [1.165, 1.54) is 16.3 Å². The Morgan fingerprint density at radius 1 is 1.24 bits per heavy atom. The van der Waals surface area contributed by atoms with Crippen molar-refractivity contribution in [3.8, 4) is 5.75 Å². The Morgan fingerprint density at radius 2 is 2.16 bits per heavy atom. The Morgan fingerprint density at radius 3 is 3.05 bits per heavy atom. The molecule has 37 heavy (non-hydrogen) atoms. The van der Waals surface area contributed by atoms with Crippen molar-refractivity contribution in [1.82, 2.24) is 26.1 Å². The highest BCUT2D eigenvalue weighted by molar-refractivity contribution is 7.16. The zero-order valence-electron chi connectivity index (χ0n) is 21.1. The number of nitrogens with one attached hydrogen (secondary N) is 3. The summed E-state index contributed by atoms with van der Waals surface area (Å²) >= 11 is 1.66. The van der Waals surface area contributed by atoms with Crippen molar-refractivity contribution < 1.29 is 13.9 Å². The van der Waals surface area contributed by atoms with Gasteiger partial charge in [0.15, 0.2) is 0 Å². The fourth-order valence-corrected chi connectivity index (χ4v) is 7.16. The normalized spacial score (nSPS) is 28.2. The molecular weight excluding hydrogens is 489 g/mol. The maximum atomic E-state index is 14.5. The number of nitrogens with zero attached hydrogens (tertiary/aromatic N) is 2. The molecule has 1 aliphatic carbocycles. The highest BCUT2D eigenvalue weighted by atomic mass is 32.1. The summed E-state index contributed by atoms with van der Waals surface area (Å²) in [5.41, 5.74) is 11.8. The van der Waals surface area contributed by atoms with Gasteiger partial charge < -0.3 is 10.1 Å². The lowest BCUT2D eigenvalue weighted by Crippen LogP contribution is -2.50. The zero-order chi connectivity index (χ0) is 25.4. The number of hydrazine groups is 1. The third kappa shape index (κ3) is 5.10. The van der Waals surface area contributed by atoms with Crippen LogP contribution in [0.3, 0.4) is 0 Å². The number of carbonyl (C=O) groups excluding carboxylic acids is 1. The molecule has 2 saturated heterocycles. The van der Waals surface area contributed by atoms with Crippen molar-refractivity contribution in [1.29, 1.82) is 0 Å². The molecule has 9 heteroatoms. The number of methoxy groups -OCH3 is 1. The van der Waals surface area contributed by atoms with E-state index in [2.05, 4.69) is 44.3 Å². The summed E-state index contributed by atoms with van der Waals surface area (Å²) in [6, 6.07) is 12.1. The van der Waals surface area contributed by atoms with Gasteiger partial charge >= 0.3 is 0 Å². The lowest BCUT2D eigenvalue weighted by Gasteiger charge is -2.36. The molecule has 0 spiro atoms. The summed E-state index contributed by atoms with van der Waals surface area (Å²) in [7, 11) is 1.57. The molecular formula is C28H34FN5O2S. The van der Waals surface area contributed by atoms with Gasteiger partial charge in [-0.1, -0.05) is 12.1 Å². The van der Waals surface area contributed by atoms with E-state index in [0.29, 0.717) is 29.8 Å². The third-order valence-corrected chi connectivity index (χ3v) is 9.16. The summed E-state index contributed by atoms with van der Waals surface area (Å²) in [5, 5.41) is 3.35. The van der Waals surface area contributed by atoms with Gasteiger partial charge in [-0.2, -0.15) is 0 Å². The molecule has 196 valence electrons. The van der Waals surface area contributed by atoms with Crippen LogP contribution in [-0.4, -0.2) is 48.1 Å². The van der Waals surface area contributed by atoms with Gasteiger partial charge in [-0.3, -0.25) is 15.1 Å². The number of likely N-dealkylation sites (tertiary alicyclic amines) is 1. The third-order valence-electron chi connectivity index (χ3n) is 8.37. The molecule has 5 atom stereocenters. The van der Waals surface area contributed by atoms with E-state index in [1.807, 2.05) is 5.51 Å². The maximum Gasteiger partial charge on any atom is 0.223 e. The molecule has 1 aromatic heterocycles. The van der Waals surface area contributed by atoms with Crippen LogP contribution < -0.4 is 20.9 Å². The highest BCUT2D eigenvalue weighted by Crippen LogP contribution is 2.41. The molecule has 4 unspecified atom stereocenters. The Bertz CT molecular complexity index is 1270. The van der Waals surface area contributed by atoms with E-state index in [1.54, 1.807) is 30.6 Å². The van der Waals surface area contributed by atoms with Crippen LogP contribution in [0.25, 0.3) is 10.2 Å². The topological polar surface area (TPSA) is 78.5 Å². The van der Waals surface area contributed by atoms with E-state index in [-0.39, 0.29) is 29.7 Å². The second-order valence-corrected chi connectivity index (χ2v) is 11.5. The van der Waals surface area contributed by atoms with Crippen LogP contribution in [0, 0.1) is 17.7 Å². The number of rotatable bonds is 6. The molecule has 0 radical (unpaired) electrons. The predicted molar refractivity (Wildman–Crippen MR) is 143 cm³/mol. The van der Waals surface area contributed by atoms with Crippen LogP contribution in [0.15, 0.2) is 41.9 Å². The summed E-state index contributed by atoms with van der Waals surface area (Å²) in [6.07, 6.45) is 4.68. The first-order chi connectivity index (χ1) is 18.1. The van der Waals surface area contributed by atoms with E-state index < -0.39 is 0 Å². The minimum absolute atomic E-state index is 0.0135. The number of hydrogen-bond acceptors (Lipinski definition) is 7. The van der Waals surface area contributed by atoms with E-state index in [9.17, 15) is 9.18 Å². The predicted octanol–water partition coefficient (Wildman–Crippen LogP) is 4.16. The Balaban J connectivity index is 1.08. The lowest BCUT2D eigenvalue weighted by molar-refractivity contribution is -0.127. The van der Waals surface area contributed by atoms with Crippen molar-refractivity contribution in [3.63, 3.8) is 0 Å². The van der Waals surface area contributed by atoms with Crippen molar-refractivity contribution in [2.24, 2.45) is 11.8 Å². The van der Waals surface area contributed by atoms with Gasteiger partial charge in [-0.25, -0.2) is 14.8 Å². The molecule has 1 amide bonds. The fourth-order valence-electron chi connectivity index (χ4n) is 6.43. The second-order valence-electron chi connectivity index (χ2n) is 10.6. The molecule has 3 heterocycles. The van der Waals surface area contributed by atoms with Crippen LogP contribution in [-0.2, 0) is 11.3 Å².